The summed E-state index contributed by atoms with van der Waals surface area (Å²) in [6.45, 7) is 8.00. The fourth-order valence-corrected chi connectivity index (χ4v) is 5.98. The van der Waals surface area contributed by atoms with E-state index in [0.29, 0.717) is 32.2 Å². The van der Waals surface area contributed by atoms with E-state index in [-0.39, 0.29) is 79.3 Å². The van der Waals surface area contributed by atoms with Crippen molar-refractivity contribution in [1.82, 2.24) is 42.5 Å². The topological polar surface area (TPSA) is 199 Å². The van der Waals surface area contributed by atoms with Crippen LogP contribution in [-0.4, -0.2) is 114 Å². The molecule has 0 aromatic heterocycles. The molecule has 0 bridgehead atoms. The second-order valence-corrected chi connectivity index (χ2v) is 13.8. The second-order valence-electron chi connectivity index (χ2n) is 13.8. The van der Waals surface area contributed by atoms with Crippen molar-refractivity contribution in [3.63, 3.8) is 0 Å². The van der Waals surface area contributed by atoms with Crippen LogP contribution in [0.2, 0.25) is 0 Å². The number of Topliss-reactive ketones (excluding diaryl/α,β-unsaturated/α-hetero) is 2. The normalized spacial score (nSPS) is 13.6. The van der Waals surface area contributed by atoms with Crippen molar-refractivity contribution in [2.24, 2.45) is 5.92 Å². The first kappa shape index (κ1) is 47.1. The third-order valence-corrected chi connectivity index (χ3v) is 8.42. The Morgan fingerprint density at radius 1 is 0.400 bits per heavy atom. The van der Waals surface area contributed by atoms with Gasteiger partial charge in [-0.2, -0.15) is 0 Å². The summed E-state index contributed by atoms with van der Waals surface area (Å²) < 4.78 is 0. The van der Waals surface area contributed by atoms with Crippen LogP contribution < -0.4 is 42.5 Å². The Kier molecular flexibility index (Phi) is 28.0. The minimum atomic E-state index is -0.587. The van der Waals surface area contributed by atoms with Crippen molar-refractivity contribution < 1.29 is 28.8 Å². The van der Waals surface area contributed by atoms with E-state index >= 15 is 0 Å². The summed E-state index contributed by atoms with van der Waals surface area (Å²) in [7, 11) is 7.45. The van der Waals surface area contributed by atoms with Crippen LogP contribution in [0, 0.1) is 5.92 Å². The highest BCUT2D eigenvalue weighted by Gasteiger charge is 2.24. The number of rotatable bonds is 32. The van der Waals surface area contributed by atoms with Gasteiger partial charge < -0.3 is 42.5 Å². The maximum atomic E-state index is 13.4. The van der Waals surface area contributed by atoms with Crippen molar-refractivity contribution in [3.8, 4) is 0 Å². The maximum Gasteiger partial charge on any atom is 0.222 e. The maximum absolute atomic E-state index is 13.4. The SMILES string of the molecule is CNCCCC(C)CC(=O)NC(CCCNC)CC(=O)NC(CCCNC)CC(=O)NC(CCCNC)CC(=O)NC(CC(C)=O)CC(C)=O. The molecule has 0 aliphatic heterocycles. The predicted octanol–water partition coefficient (Wildman–Crippen LogP) is 1.08. The number of carbonyl (C=O) groups is 6. The highest BCUT2D eigenvalue weighted by Crippen LogP contribution is 2.12. The first-order valence-electron chi connectivity index (χ1n) is 18.6. The number of nitrogens with one attached hydrogen (secondary N) is 8. The molecule has 0 aromatic carbocycles. The van der Waals surface area contributed by atoms with Gasteiger partial charge in [-0.1, -0.05) is 6.92 Å². The molecule has 50 heavy (non-hydrogen) atoms. The van der Waals surface area contributed by atoms with Gasteiger partial charge in [0.15, 0.2) is 0 Å². The Balaban J connectivity index is 5.53. The van der Waals surface area contributed by atoms with Gasteiger partial charge in [0, 0.05) is 62.7 Å². The molecule has 0 heterocycles. The molecule has 0 aliphatic carbocycles. The monoisotopic (exact) mass is 711 g/mol. The summed E-state index contributed by atoms with van der Waals surface area (Å²) in [5.74, 6) is -0.923. The predicted molar refractivity (Wildman–Crippen MR) is 199 cm³/mol. The van der Waals surface area contributed by atoms with E-state index in [1.807, 2.05) is 28.2 Å². The van der Waals surface area contributed by atoms with Crippen molar-refractivity contribution in [3.05, 3.63) is 0 Å². The number of carbonyl (C=O) groups excluding carboxylic acids is 6. The molecule has 14 nitrogen and oxygen atoms in total. The highest BCUT2D eigenvalue weighted by atomic mass is 16.2. The van der Waals surface area contributed by atoms with E-state index in [0.717, 1.165) is 51.7 Å². The molecule has 0 aliphatic rings. The van der Waals surface area contributed by atoms with Gasteiger partial charge in [-0.05, 0) is 126 Å². The molecule has 0 spiro atoms. The molecule has 0 radical (unpaired) electrons. The van der Waals surface area contributed by atoms with Gasteiger partial charge in [-0.15, -0.1) is 0 Å². The Morgan fingerprint density at radius 2 is 0.680 bits per heavy atom. The molecule has 0 saturated heterocycles. The van der Waals surface area contributed by atoms with E-state index in [4.69, 9.17) is 0 Å². The Bertz CT molecular complexity index is 982. The van der Waals surface area contributed by atoms with E-state index < -0.39 is 18.1 Å². The van der Waals surface area contributed by atoms with Crippen LogP contribution in [0.25, 0.3) is 0 Å². The van der Waals surface area contributed by atoms with Gasteiger partial charge in [0.25, 0.3) is 0 Å². The molecule has 8 N–H and O–H groups in total. The quantitative estimate of drug-likeness (QED) is 0.0468. The zero-order chi connectivity index (χ0) is 37.7. The number of ketones is 2. The van der Waals surface area contributed by atoms with Crippen LogP contribution in [0.4, 0.5) is 0 Å². The average Bonchev–Trinajstić information content (AvgIpc) is 3.00. The van der Waals surface area contributed by atoms with Gasteiger partial charge in [0.2, 0.25) is 23.6 Å². The van der Waals surface area contributed by atoms with Crippen molar-refractivity contribution in [2.75, 3.05) is 54.4 Å². The van der Waals surface area contributed by atoms with Crippen LogP contribution >= 0.6 is 0 Å². The van der Waals surface area contributed by atoms with Gasteiger partial charge in [-0.25, -0.2) is 0 Å². The zero-order valence-electron chi connectivity index (χ0n) is 32.1. The molecule has 14 heteroatoms. The molecule has 0 saturated carbocycles. The first-order valence-corrected chi connectivity index (χ1v) is 18.6. The minimum Gasteiger partial charge on any atom is -0.353 e. The lowest BCUT2D eigenvalue weighted by Gasteiger charge is -2.24. The zero-order valence-corrected chi connectivity index (χ0v) is 32.1. The summed E-state index contributed by atoms with van der Waals surface area (Å²) in [4.78, 5) is 76.0. The van der Waals surface area contributed by atoms with Crippen LogP contribution in [0.3, 0.4) is 0 Å². The molecule has 4 amide bonds. The lowest BCUT2D eigenvalue weighted by Crippen LogP contribution is -2.46. The molecule has 4 atom stereocenters. The van der Waals surface area contributed by atoms with E-state index in [2.05, 4.69) is 49.5 Å². The number of amides is 4. The Morgan fingerprint density at radius 3 is 0.980 bits per heavy atom. The number of hydrogen-bond donors (Lipinski definition) is 8. The smallest absolute Gasteiger partial charge is 0.222 e. The van der Waals surface area contributed by atoms with E-state index in [9.17, 15) is 28.8 Å². The third kappa shape index (κ3) is 26.9. The lowest BCUT2D eigenvalue weighted by atomic mass is 10.00. The fourth-order valence-electron chi connectivity index (χ4n) is 5.98. The Hall–Kier alpha value is -2.94. The molecular weight excluding hydrogens is 640 g/mol. The summed E-state index contributed by atoms with van der Waals surface area (Å²) in [6, 6.07) is -1.81. The number of hydrogen-bond acceptors (Lipinski definition) is 10. The largest absolute Gasteiger partial charge is 0.353 e. The second kappa shape index (κ2) is 29.8. The minimum absolute atomic E-state index is 0.000644. The van der Waals surface area contributed by atoms with Crippen LogP contribution in [-0.2, 0) is 28.8 Å². The van der Waals surface area contributed by atoms with E-state index in [1.165, 1.54) is 13.8 Å². The lowest BCUT2D eigenvalue weighted by molar-refractivity contribution is -0.126. The van der Waals surface area contributed by atoms with Crippen LogP contribution in [0.1, 0.15) is 111 Å². The highest BCUT2D eigenvalue weighted by molar-refractivity contribution is 5.84. The standard InChI is InChI=1S/C36H70N8O6/c1-26(12-8-16-37-4)20-33(47)41-29(13-9-17-38-5)23-34(48)42-30(14-10-18-39-6)24-35(49)43-31(15-11-19-40-7)25-36(50)44-32(21-27(2)45)22-28(3)46/h26,29-32,37-40H,8-25H2,1-7H3,(H,41,47)(H,42,48)(H,43,49)(H,44,50). The fraction of sp³-hybridized carbons (Fsp3) is 0.833. The molecule has 0 aromatic rings. The summed E-state index contributed by atoms with van der Waals surface area (Å²) >= 11 is 0. The molecule has 0 rings (SSSR count). The third-order valence-electron chi connectivity index (χ3n) is 8.42. The summed E-state index contributed by atoms with van der Waals surface area (Å²) in [5.41, 5.74) is 0. The van der Waals surface area contributed by atoms with Gasteiger partial charge in [0.1, 0.15) is 11.6 Å². The first-order chi connectivity index (χ1) is 23.8. The van der Waals surface area contributed by atoms with Crippen molar-refractivity contribution >= 4 is 35.2 Å². The van der Waals surface area contributed by atoms with Gasteiger partial charge >= 0.3 is 0 Å². The molecule has 0 fully saturated rings. The molecule has 290 valence electrons. The van der Waals surface area contributed by atoms with Gasteiger partial charge in [0.05, 0.1) is 0 Å². The summed E-state index contributed by atoms with van der Waals surface area (Å²) in [6.07, 6.45) is 6.64. The van der Waals surface area contributed by atoms with E-state index in [1.54, 1.807) is 0 Å². The Labute approximate surface area is 301 Å². The summed E-state index contributed by atoms with van der Waals surface area (Å²) in [5, 5.41) is 24.4. The van der Waals surface area contributed by atoms with Gasteiger partial charge in [-0.3, -0.25) is 28.8 Å². The van der Waals surface area contributed by atoms with Crippen molar-refractivity contribution in [1.29, 1.82) is 0 Å². The van der Waals surface area contributed by atoms with Crippen LogP contribution in [0.15, 0.2) is 0 Å². The molecule has 4 unspecified atom stereocenters. The van der Waals surface area contributed by atoms with Crippen molar-refractivity contribution in [2.45, 2.75) is 135 Å². The molecular formula is C36H70N8O6. The average molecular weight is 711 g/mol. The van der Waals surface area contributed by atoms with Crippen LogP contribution in [0.5, 0.6) is 0 Å².